The standard InChI is InChI=1S/C20H32BN3O4/c1-18(2,3)26-17(25)24-10-8-14(9-11-24)16-22-12-15(13-23-16)21-27-19(4,5)20(6,7)28-21/h12-14H,8-11H2,1-7H3/i8D2,9D2,10D2,11D2,14D. The molecule has 0 aromatic carbocycles. The minimum absolute atomic E-state index is 0.253. The number of ether oxygens (including phenoxy) is 1. The van der Waals surface area contributed by atoms with Crippen molar-refractivity contribution < 1.29 is 31.2 Å². The maximum absolute atomic E-state index is 12.8. The van der Waals surface area contributed by atoms with E-state index >= 15 is 0 Å². The van der Waals surface area contributed by atoms with Crippen molar-refractivity contribution in [2.45, 2.75) is 83.9 Å². The van der Waals surface area contributed by atoms with E-state index in [9.17, 15) is 4.79 Å². The van der Waals surface area contributed by atoms with Gasteiger partial charge in [-0.25, -0.2) is 14.8 Å². The number of amides is 1. The molecule has 28 heavy (non-hydrogen) atoms. The van der Waals surface area contributed by atoms with Gasteiger partial charge in [0, 0.05) is 49.1 Å². The molecule has 0 saturated carbocycles. The molecule has 0 radical (unpaired) electrons. The topological polar surface area (TPSA) is 73.8 Å². The number of hydrogen-bond donors (Lipinski definition) is 0. The lowest BCUT2D eigenvalue weighted by Gasteiger charge is -2.32. The summed E-state index contributed by atoms with van der Waals surface area (Å²) in [5, 5.41) is 0. The van der Waals surface area contributed by atoms with Gasteiger partial charge in [0.2, 0.25) is 0 Å². The second-order valence-electron chi connectivity index (χ2n) is 8.59. The number of nitrogens with zero attached hydrogens (tertiary/aromatic N) is 3. The summed E-state index contributed by atoms with van der Waals surface area (Å²) in [5.74, 6) is -4.17. The summed E-state index contributed by atoms with van der Waals surface area (Å²) in [4.78, 5) is 20.5. The van der Waals surface area contributed by atoms with Gasteiger partial charge in [0.1, 0.15) is 11.4 Å². The molecule has 154 valence electrons. The monoisotopic (exact) mass is 398 g/mol. The predicted octanol–water partition coefficient (Wildman–Crippen LogP) is 2.89. The Morgan fingerprint density at radius 1 is 1.21 bits per heavy atom. The van der Waals surface area contributed by atoms with E-state index in [0.717, 1.165) is 12.4 Å². The molecule has 1 aromatic rings. The van der Waals surface area contributed by atoms with E-state index in [4.69, 9.17) is 26.4 Å². The molecule has 0 atom stereocenters. The van der Waals surface area contributed by atoms with Crippen LogP contribution in [-0.2, 0) is 14.0 Å². The molecule has 0 spiro atoms. The Hall–Kier alpha value is -1.67. The molecule has 0 bridgehead atoms. The first kappa shape index (κ1) is 12.1. The molecule has 0 N–H and O–H groups in total. The molecule has 3 rings (SSSR count). The number of rotatable bonds is 2. The van der Waals surface area contributed by atoms with Crippen LogP contribution in [0.1, 0.15) is 85.3 Å². The highest BCUT2D eigenvalue weighted by Crippen LogP contribution is 2.36. The van der Waals surface area contributed by atoms with Crippen molar-refractivity contribution in [1.29, 1.82) is 0 Å². The molecule has 0 aliphatic carbocycles. The van der Waals surface area contributed by atoms with Gasteiger partial charge < -0.3 is 18.9 Å². The van der Waals surface area contributed by atoms with Crippen LogP contribution in [0.4, 0.5) is 4.79 Å². The van der Waals surface area contributed by atoms with Crippen molar-refractivity contribution in [1.82, 2.24) is 14.9 Å². The predicted molar refractivity (Wildman–Crippen MR) is 108 cm³/mol. The number of aromatic nitrogens is 2. The largest absolute Gasteiger partial charge is 0.498 e. The molecule has 0 unspecified atom stereocenters. The lowest BCUT2D eigenvalue weighted by atomic mass is 9.81. The normalized spacial score (nSPS) is 35.5. The second kappa shape index (κ2) is 7.30. The van der Waals surface area contributed by atoms with E-state index in [1.54, 1.807) is 0 Å². The first-order valence-corrected chi connectivity index (χ1v) is 8.99. The van der Waals surface area contributed by atoms with Gasteiger partial charge in [0.25, 0.3) is 0 Å². The van der Waals surface area contributed by atoms with Crippen LogP contribution < -0.4 is 5.46 Å². The first-order valence-electron chi connectivity index (χ1n) is 13.5. The van der Waals surface area contributed by atoms with Gasteiger partial charge in [-0.3, -0.25) is 0 Å². The Labute approximate surface area is 180 Å². The third-order valence-electron chi connectivity index (χ3n) is 4.58. The van der Waals surface area contributed by atoms with Crippen molar-refractivity contribution >= 4 is 18.7 Å². The molecule has 3 heterocycles. The van der Waals surface area contributed by atoms with Crippen LogP contribution in [0.3, 0.4) is 0 Å². The number of likely N-dealkylation sites (tertiary alicyclic amines) is 1. The van der Waals surface area contributed by atoms with E-state index in [2.05, 4.69) is 9.97 Å². The molecule has 2 fully saturated rings. The van der Waals surface area contributed by atoms with Crippen molar-refractivity contribution in [3.05, 3.63) is 18.2 Å². The number of carbonyl (C=O) groups is 1. The van der Waals surface area contributed by atoms with E-state index in [1.807, 2.05) is 27.7 Å². The number of piperidine rings is 1. The highest BCUT2D eigenvalue weighted by atomic mass is 16.7. The zero-order valence-electron chi connectivity index (χ0n) is 26.2. The van der Waals surface area contributed by atoms with Gasteiger partial charge >= 0.3 is 13.2 Å². The lowest BCUT2D eigenvalue weighted by Crippen LogP contribution is -2.41. The first-order chi connectivity index (χ1) is 16.3. The van der Waals surface area contributed by atoms with E-state index in [0.29, 0.717) is 0 Å². The van der Waals surface area contributed by atoms with Crippen molar-refractivity contribution in [2.75, 3.05) is 13.0 Å². The Kier molecular flexibility index (Phi) is 3.16. The fourth-order valence-electron chi connectivity index (χ4n) is 2.36. The minimum atomic E-state index is -3.56. The Morgan fingerprint density at radius 2 is 1.71 bits per heavy atom. The molecule has 2 saturated heterocycles. The van der Waals surface area contributed by atoms with Crippen LogP contribution in [0.15, 0.2) is 12.4 Å². The molecular formula is C20H32BN3O4. The Bertz CT molecular complexity index is 1030. The zero-order chi connectivity index (χ0) is 28.8. The third-order valence-corrected chi connectivity index (χ3v) is 4.58. The van der Waals surface area contributed by atoms with Crippen molar-refractivity contribution in [3.8, 4) is 0 Å². The summed E-state index contributed by atoms with van der Waals surface area (Å²) in [6, 6.07) is 0. The summed E-state index contributed by atoms with van der Waals surface area (Å²) in [7, 11) is -0.916. The lowest BCUT2D eigenvalue weighted by molar-refractivity contribution is 0.00578. The van der Waals surface area contributed by atoms with Crippen LogP contribution in [0.5, 0.6) is 0 Å². The average molecular weight is 398 g/mol. The van der Waals surface area contributed by atoms with Gasteiger partial charge in [-0.1, -0.05) is 0 Å². The molecule has 7 nitrogen and oxygen atoms in total. The molecule has 2 aliphatic rings. The van der Waals surface area contributed by atoms with E-state index in [-0.39, 0.29) is 10.4 Å². The van der Waals surface area contributed by atoms with Crippen LogP contribution in [0, 0.1) is 0 Å². The fraction of sp³-hybridized carbons (Fsp3) is 0.750. The van der Waals surface area contributed by atoms with Crippen molar-refractivity contribution in [2.24, 2.45) is 0 Å². The average Bonchev–Trinajstić information content (AvgIpc) is 2.91. The fourth-order valence-corrected chi connectivity index (χ4v) is 2.36. The molecular weight excluding hydrogens is 357 g/mol. The maximum Gasteiger partial charge on any atom is 0.498 e. The highest BCUT2D eigenvalue weighted by Gasteiger charge is 2.52. The summed E-state index contributed by atoms with van der Waals surface area (Å²) < 4.78 is 93.7. The SMILES string of the molecule is [2H]C1([2H])N(C(=O)OC(C)(C)C)C([2H])([2H])C([2H])([2H])C([2H])(c2ncc(B3OC(C)(C)C(C)(C)O3)cn2)C1([2H])[2H]. The molecule has 2 aliphatic heterocycles. The quantitative estimate of drug-likeness (QED) is 0.714. The van der Waals surface area contributed by atoms with Gasteiger partial charge in [0.15, 0.2) is 0 Å². The second-order valence-corrected chi connectivity index (χ2v) is 8.59. The summed E-state index contributed by atoms with van der Waals surface area (Å²) >= 11 is 0. The van der Waals surface area contributed by atoms with E-state index in [1.165, 1.54) is 20.8 Å². The summed E-state index contributed by atoms with van der Waals surface area (Å²) in [5.41, 5.74) is -2.32. The van der Waals surface area contributed by atoms with Crippen LogP contribution in [-0.4, -0.2) is 57.9 Å². The number of carbonyl (C=O) groups excluding carboxylic acids is 1. The smallest absolute Gasteiger partial charge is 0.444 e. The molecule has 1 amide bonds. The Morgan fingerprint density at radius 3 is 2.18 bits per heavy atom. The van der Waals surface area contributed by atoms with Crippen LogP contribution >= 0.6 is 0 Å². The molecule has 1 aromatic heterocycles. The van der Waals surface area contributed by atoms with Crippen LogP contribution in [0.25, 0.3) is 0 Å². The Balaban J connectivity index is 2.11. The van der Waals surface area contributed by atoms with Gasteiger partial charge in [0.05, 0.1) is 11.2 Å². The van der Waals surface area contributed by atoms with Gasteiger partial charge in [-0.15, -0.1) is 0 Å². The summed E-state index contributed by atoms with van der Waals surface area (Å²) in [6.07, 6.45) is -6.46. The third kappa shape index (κ3) is 4.49. The minimum Gasteiger partial charge on any atom is -0.444 e. The maximum atomic E-state index is 12.8. The van der Waals surface area contributed by atoms with Crippen molar-refractivity contribution in [3.63, 3.8) is 0 Å². The number of hydrogen-bond acceptors (Lipinski definition) is 6. The highest BCUT2D eigenvalue weighted by molar-refractivity contribution is 6.61. The van der Waals surface area contributed by atoms with Gasteiger partial charge in [-0.05, 0) is 61.2 Å². The van der Waals surface area contributed by atoms with Crippen LogP contribution in [0.2, 0.25) is 0 Å². The van der Waals surface area contributed by atoms with E-state index < -0.39 is 67.5 Å². The zero-order valence-corrected chi connectivity index (χ0v) is 17.2. The van der Waals surface area contributed by atoms with Gasteiger partial charge in [-0.2, -0.15) is 0 Å². The molecule has 8 heteroatoms. The summed E-state index contributed by atoms with van der Waals surface area (Å²) in [6.45, 7) is 4.51.